The summed E-state index contributed by atoms with van der Waals surface area (Å²) in [7, 11) is 1.79. The summed E-state index contributed by atoms with van der Waals surface area (Å²) < 4.78 is 0. The van der Waals surface area contributed by atoms with Gasteiger partial charge in [0.1, 0.15) is 5.70 Å². The summed E-state index contributed by atoms with van der Waals surface area (Å²) in [5.41, 5.74) is 1.46. The molecule has 5 heteroatoms. The summed E-state index contributed by atoms with van der Waals surface area (Å²) in [5, 5.41) is 5.68. The Labute approximate surface area is 153 Å². The highest BCUT2D eigenvalue weighted by Gasteiger charge is 2.28. The number of rotatable bonds is 2. The van der Waals surface area contributed by atoms with Crippen LogP contribution in [0.2, 0.25) is 0 Å². The van der Waals surface area contributed by atoms with Gasteiger partial charge in [-0.25, -0.2) is 4.99 Å². The number of likely N-dealkylation sites (N-methyl/N-ethyl adjacent to an activating group) is 1. The molecule has 0 spiro atoms. The SMILES string of the molecule is CN1C(=O)/C(=C/c2ccc3cnccc3c2)N=C1NC1CCCCCC1. The third-order valence-electron chi connectivity index (χ3n) is 5.22. The van der Waals surface area contributed by atoms with Gasteiger partial charge >= 0.3 is 0 Å². The van der Waals surface area contributed by atoms with Gasteiger partial charge < -0.3 is 5.32 Å². The number of hydrogen-bond donors (Lipinski definition) is 1. The van der Waals surface area contributed by atoms with Crippen molar-refractivity contribution in [2.75, 3.05) is 7.05 Å². The van der Waals surface area contributed by atoms with Crippen molar-refractivity contribution < 1.29 is 4.79 Å². The predicted octanol–water partition coefficient (Wildman–Crippen LogP) is 3.72. The summed E-state index contributed by atoms with van der Waals surface area (Å²) in [4.78, 5) is 22.9. The number of aromatic nitrogens is 1. The summed E-state index contributed by atoms with van der Waals surface area (Å²) >= 11 is 0. The molecule has 1 aromatic heterocycles. The van der Waals surface area contributed by atoms with Crippen LogP contribution in [0.4, 0.5) is 0 Å². The second-order valence-corrected chi connectivity index (χ2v) is 7.14. The van der Waals surface area contributed by atoms with Crippen molar-refractivity contribution >= 4 is 28.7 Å². The lowest BCUT2D eigenvalue weighted by Gasteiger charge is -2.20. The lowest BCUT2D eigenvalue weighted by Crippen LogP contribution is -2.43. The standard InChI is InChI=1S/C21H24N4O/c1-25-20(26)19(24-21(25)23-18-6-4-2-3-5-7-18)13-15-8-9-17-14-22-11-10-16(17)12-15/h8-14,18H,2-7H2,1H3,(H,23,24)/b19-13-. The van der Waals surface area contributed by atoms with E-state index < -0.39 is 0 Å². The van der Waals surface area contributed by atoms with Gasteiger partial charge in [-0.1, -0.05) is 37.8 Å². The van der Waals surface area contributed by atoms with Crippen molar-refractivity contribution in [1.82, 2.24) is 15.2 Å². The van der Waals surface area contributed by atoms with Crippen LogP contribution < -0.4 is 5.32 Å². The topological polar surface area (TPSA) is 57.6 Å². The highest BCUT2D eigenvalue weighted by atomic mass is 16.2. The van der Waals surface area contributed by atoms with Gasteiger partial charge in [-0.3, -0.25) is 14.7 Å². The van der Waals surface area contributed by atoms with Gasteiger partial charge in [0, 0.05) is 30.9 Å². The van der Waals surface area contributed by atoms with Crippen molar-refractivity contribution in [2.24, 2.45) is 4.99 Å². The number of aliphatic imine (C=N–C) groups is 1. The molecule has 2 heterocycles. The molecule has 1 aliphatic heterocycles. The number of benzene rings is 1. The second-order valence-electron chi connectivity index (χ2n) is 7.14. The van der Waals surface area contributed by atoms with E-state index >= 15 is 0 Å². The summed E-state index contributed by atoms with van der Waals surface area (Å²) in [5.74, 6) is 0.620. The minimum absolute atomic E-state index is 0.0593. The maximum atomic E-state index is 12.6. The zero-order valence-corrected chi connectivity index (χ0v) is 15.1. The van der Waals surface area contributed by atoms with Crippen molar-refractivity contribution in [3.63, 3.8) is 0 Å². The number of pyridine rings is 1. The Balaban J connectivity index is 1.57. The first-order valence-corrected chi connectivity index (χ1v) is 9.39. The van der Waals surface area contributed by atoms with Crippen molar-refractivity contribution in [1.29, 1.82) is 0 Å². The predicted molar refractivity (Wildman–Crippen MR) is 105 cm³/mol. The molecular weight excluding hydrogens is 324 g/mol. The van der Waals surface area contributed by atoms with E-state index in [1.54, 1.807) is 18.1 Å². The van der Waals surface area contributed by atoms with Gasteiger partial charge in [-0.15, -0.1) is 0 Å². The maximum absolute atomic E-state index is 12.6. The first-order valence-electron chi connectivity index (χ1n) is 9.39. The lowest BCUT2D eigenvalue weighted by atomic mass is 10.1. The smallest absolute Gasteiger partial charge is 0.279 e. The molecule has 0 saturated heterocycles. The fourth-order valence-corrected chi connectivity index (χ4v) is 3.68. The molecule has 0 bridgehead atoms. The molecule has 0 radical (unpaired) electrons. The maximum Gasteiger partial charge on any atom is 0.279 e. The first kappa shape index (κ1) is 16.8. The molecule has 1 amide bonds. The molecule has 1 fully saturated rings. The van der Waals surface area contributed by atoms with E-state index in [1.807, 2.05) is 30.5 Å². The van der Waals surface area contributed by atoms with Gasteiger partial charge in [0.05, 0.1) is 0 Å². The summed E-state index contributed by atoms with van der Waals surface area (Å²) in [6.07, 6.45) is 12.9. The van der Waals surface area contributed by atoms with E-state index in [1.165, 1.54) is 25.7 Å². The molecule has 4 rings (SSSR count). The summed E-state index contributed by atoms with van der Waals surface area (Å²) in [6, 6.07) is 8.47. The Kier molecular flexibility index (Phi) is 4.69. The molecule has 26 heavy (non-hydrogen) atoms. The molecular formula is C21H24N4O. The highest BCUT2D eigenvalue weighted by Crippen LogP contribution is 2.22. The molecule has 1 aromatic carbocycles. The molecule has 5 nitrogen and oxygen atoms in total. The van der Waals surface area contributed by atoms with E-state index in [2.05, 4.69) is 21.4 Å². The van der Waals surface area contributed by atoms with Crippen LogP contribution in [0.1, 0.15) is 44.1 Å². The number of hydrogen-bond acceptors (Lipinski definition) is 4. The lowest BCUT2D eigenvalue weighted by molar-refractivity contribution is -0.121. The molecule has 2 aliphatic rings. The van der Waals surface area contributed by atoms with Gasteiger partial charge in [-0.05, 0) is 42.0 Å². The average Bonchev–Trinajstić information content (AvgIpc) is 2.85. The Morgan fingerprint density at radius 3 is 2.73 bits per heavy atom. The van der Waals surface area contributed by atoms with E-state index in [0.29, 0.717) is 17.7 Å². The van der Waals surface area contributed by atoms with E-state index in [4.69, 9.17) is 0 Å². The second kappa shape index (κ2) is 7.28. The van der Waals surface area contributed by atoms with Crippen molar-refractivity contribution in [3.05, 3.63) is 47.9 Å². The van der Waals surface area contributed by atoms with E-state index in [-0.39, 0.29) is 5.91 Å². The zero-order valence-electron chi connectivity index (χ0n) is 15.1. The zero-order chi connectivity index (χ0) is 17.9. The Hall–Kier alpha value is -2.69. The van der Waals surface area contributed by atoms with E-state index in [0.717, 1.165) is 29.2 Å². The monoisotopic (exact) mass is 348 g/mol. The van der Waals surface area contributed by atoms with Gasteiger partial charge in [-0.2, -0.15) is 0 Å². The van der Waals surface area contributed by atoms with Crippen LogP contribution in [-0.4, -0.2) is 34.8 Å². The van der Waals surface area contributed by atoms with Crippen LogP contribution in [-0.2, 0) is 4.79 Å². The number of nitrogens with zero attached hydrogens (tertiary/aromatic N) is 3. The summed E-state index contributed by atoms with van der Waals surface area (Å²) in [6.45, 7) is 0. The van der Waals surface area contributed by atoms with Crippen LogP contribution in [0, 0.1) is 0 Å². The van der Waals surface area contributed by atoms with Crippen LogP contribution in [0.15, 0.2) is 47.3 Å². The fraction of sp³-hybridized carbons (Fsp3) is 0.381. The minimum Gasteiger partial charge on any atom is -0.353 e. The van der Waals surface area contributed by atoms with Gasteiger partial charge in [0.2, 0.25) is 5.96 Å². The minimum atomic E-state index is -0.0593. The van der Waals surface area contributed by atoms with Crippen LogP contribution in [0.5, 0.6) is 0 Å². The van der Waals surface area contributed by atoms with E-state index in [9.17, 15) is 4.79 Å². The normalized spacial score (nSPS) is 20.5. The van der Waals surface area contributed by atoms with Gasteiger partial charge in [0.15, 0.2) is 0 Å². The largest absolute Gasteiger partial charge is 0.353 e. The molecule has 134 valence electrons. The van der Waals surface area contributed by atoms with Gasteiger partial charge in [0.25, 0.3) is 5.91 Å². The number of carbonyl (C=O) groups excluding carboxylic acids is 1. The Morgan fingerprint density at radius 1 is 1.12 bits per heavy atom. The van der Waals surface area contributed by atoms with Crippen molar-refractivity contribution in [2.45, 2.75) is 44.6 Å². The number of nitrogens with one attached hydrogen (secondary N) is 1. The third-order valence-corrected chi connectivity index (χ3v) is 5.22. The molecule has 0 atom stereocenters. The van der Waals surface area contributed by atoms with Crippen LogP contribution in [0.25, 0.3) is 16.8 Å². The first-order chi connectivity index (χ1) is 12.7. The number of guanidine groups is 1. The average molecular weight is 348 g/mol. The number of carbonyl (C=O) groups is 1. The molecule has 2 aromatic rings. The highest BCUT2D eigenvalue weighted by molar-refractivity contribution is 6.13. The van der Waals surface area contributed by atoms with Crippen LogP contribution >= 0.6 is 0 Å². The third kappa shape index (κ3) is 3.47. The van der Waals surface area contributed by atoms with Crippen LogP contribution in [0.3, 0.4) is 0 Å². The molecule has 1 N–H and O–H groups in total. The van der Waals surface area contributed by atoms with Crippen molar-refractivity contribution in [3.8, 4) is 0 Å². The fourth-order valence-electron chi connectivity index (χ4n) is 3.68. The molecule has 0 unspecified atom stereocenters. The quantitative estimate of drug-likeness (QED) is 0.665. The Morgan fingerprint density at radius 2 is 1.92 bits per heavy atom. The molecule has 1 saturated carbocycles. The molecule has 1 aliphatic carbocycles. The number of amides is 1. The number of fused-ring (bicyclic) bond motifs is 1. The Bertz CT molecular complexity index is 878.